The van der Waals surface area contributed by atoms with Gasteiger partial charge in [-0.3, -0.25) is 4.21 Å². The van der Waals surface area contributed by atoms with E-state index >= 15 is 0 Å². The van der Waals surface area contributed by atoms with Crippen molar-refractivity contribution in [3.05, 3.63) is 66.2 Å². The minimum Gasteiger partial charge on any atom is -0.476 e. The number of carbonyl (C=O) groups is 1. The van der Waals surface area contributed by atoms with Gasteiger partial charge in [-0.05, 0) is 38.5 Å². The number of benzene rings is 2. The second kappa shape index (κ2) is 10.7. The molecule has 1 heterocycles. The minimum absolute atomic E-state index is 0.0970. The molecule has 35 heavy (non-hydrogen) atoms. The van der Waals surface area contributed by atoms with Crippen molar-refractivity contribution in [2.45, 2.75) is 36.1 Å². The van der Waals surface area contributed by atoms with E-state index in [2.05, 4.69) is 0 Å². The summed E-state index contributed by atoms with van der Waals surface area (Å²) in [6.07, 6.45) is 4.15. The summed E-state index contributed by atoms with van der Waals surface area (Å²) in [5, 5.41) is 8.77. The number of para-hydroxylation sites is 1. The zero-order chi connectivity index (χ0) is 25.9. The number of sulfonamides is 1. The van der Waals surface area contributed by atoms with Crippen LogP contribution < -0.4 is 9.64 Å². The third kappa shape index (κ3) is 5.80. The van der Waals surface area contributed by atoms with Crippen molar-refractivity contribution in [1.82, 2.24) is 4.31 Å². The van der Waals surface area contributed by atoms with Crippen molar-refractivity contribution in [3.63, 3.8) is 0 Å². The molecule has 2 atom stereocenters. The van der Waals surface area contributed by atoms with Crippen LogP contribution in [-0.2, 0) is 25.6 Å². The van der Waals surface area contributed by atoms with Gasteiger partial charge in [-0.2, -0.15) is 8.70 Å². The molecule has 2 aromatic carbocycles. The van der Waals surface area contributed by atoms with E-state index in [9.17, 15) is 21.8 Å². The van der Waals surface area contributed by atoms with Gasteiger partial charge in [0.25, 0.3) is 0 Å². The van der Waals surface area contributed by atoms with Crippen LogP contribution in [0.15, 0.2) is 76.0 Å². The molecule has 188 valence electrons. The summed E-state index contributed by atoms with van der Waals surface area (Å²) in [6.45, 7) is 4.19. The Morgan fingerprint density at radius 3 is 2.49 bits per heavy atom. The van der Waals surface area contributed by atoms with Crippen LogP contribution in [0, 0.1) is 0 Å². The van der Waals surface area contributed by atoms with Crippen LogP contribution in [0.25, 0.3) is 0 Å². The summed E-state index contributed by atoms with van der Waals surface area (Å²) < 4.78 is 60.0. The van der Waals surface area contributed by atoms with E-state index in [1.807, 2.05) is 55.2 Å². The first-order chi connectivity index (χ1) is 16.4. The summed E-state index contributed by atoms with van der Waals surface area (Å²) >= 11 is 0. The number of rotatable bonds is 7. The van der Waals surface area contributed by atoms with Crippen LogP contribution in [0.3, 0.4) is 0 Å². The van der Waals surface area contributed by atoms with Crippen LogP contribution >= 0.6 is 0 Å². The lowest BCUT2D eigenvalue weighted by Crippen LogP contribution is -2.40. The van der Waals surface area contributed by atoms with Crippen molar-refractivity contribution in [2.24, 2.45) is 0 Å². The first kappa shape index (κ1) is 26.6. The summed E-state index contributed by atoms with van der Waals surface area (Å²) in [5.74, 6) is -3.64. The number of aliphatic carboxylic acids is 1. The van der Waals surface area contributed by atoms with Crippen LogP contribution in [0.5, 0.6) is 5.75 Å². The summed E-state index contributed by atoms with van der Waals surface area (Å²) in [6, 6.07) is 11.4. The van der Waals surface area contributed by atoms with Gasteiger partial charge < -0.3 is 14.7 Å². The van der Waals surface area contributed by atoms with Gasteiger partial charge in [-0.15, -0.1) is 0 Å². The van der Waals surface area contributed by atoms with Crippen molar-refractivity contribution in [1.29, 1.82) is 0 Å². The van der Waals surface area contributed by atoms with E-state index in [-0.39, 0.29) is 15.5 Å². The number of carboxylic acid groups (broad SMARTS) is 1. The molecule has 0 saturated carbocycles. The van der Waals surface area contributed by atoms with Gasteiger partial charge >= 0.3 is 5.97 Å². The van der Waals surface area contributed by atoms with E-state index in [1.165, 1.54) is 29.7 Å². The number of anilines is 2. The van der Waals surface area contributed by atoms with Crippen LogP contribution in [0.2, 0.25) is 0 Å². The number of fused-ring (bicyclic) bond motifs is 1. The predicted octanol–water partition coefficient (Wildman–Crippen LogP) is 4.20. The van der Waals surface area contributed by atoms with Gasteiger partial charge in [0.2, 0.25) is 15.9 Å². The Hall–Kier alpha value is -3.02. The fourth-order valence-electron chi connectivity index (χ4n) is 3.65. The largest absolute Gasteiger partial charge is 0.476 e. The molecule has 8 nitrogen and oxygen atoms in total. The Kier molecular flexibility index (Phi) is 8.14. The second-order valence-corrected chi connectivity index (χ2v) is 11.6. The maximum Gasteiger partial charge on any atom is 0.368 e. The molecule has 0 radical (unpaired) electrons. The molecule has 0 amide bonds. The van der Waals surface area contributed by atoms with Gasteiger partial charge in [0.1, 0.15) is 16.9 Å². The van der Waals surface area contributed by atoms with E-state index in [4.69, 9.17) is 9.84 Å². The number of nitrogens with zero attached hydrogens (tertiary/aromatic N) is 2. The normalized spacial score (nSPS) is 18.8. The van der Waals surface area contributed by atoms with Crippen molar-refractivity contribution < 1.29 is 31.7 Å². The highest BCUT2D eigenvalue weighted by Crippen LogP contribution is 2.42. The zero-order valence-electron chi connectivity index (χ0n) is 19.8. The summed E-state index contributed by atoms with van der Waals surface area (Å²) in [7, 11) is -4.23. The average molecular weight is 523 g/mol. The van der Waals surface area contributed by atoms with Gasteiger partial charge in [0.05, 0.1) is 21.4 Å². The maximum atomic E-state index is 13.7. The third-order valence-corrected chi connectivity index (χ3v) is 8.43. The molecule has 1 aliphatic rings. The Morgan fingerprint density at radius 1 is 1.26 bits per heavy atom. The second-order valence-electron chi connectivity index (χ2n) is 8.25. The number of hydrogen-bond donors (Lipinski definition) is 1. The quantitative estimate of drug-likeness (QED) is 0.330. The fraction of sp³-hybridized carbons (Fsp3) is 0.292. The van der Waals surface area contributed by atoms with Crippen LogP contribution in [0.4, 0.5) is 15.8 Å². The SMILES string of the molecule is CC(C)=CCC1CN(c2ccccc2)c2cc(S(C)=O)c(O/C=C(\F)C(=O)O)cc2S(=O)(=O)N1C. The molecular weight excluding hydrogens is 495 g/mol. The number of halogens is 1. The fourth-order valence-corrected chi connectivity index (χ4v) is 5.87. The molecule has 2 aromatic rings. The maximum absolute atomic E-state index is 13.7. The molecule has 0 aromatic heterocycles. The highest BCUT2D eigenvalue weighted by atomic mass is 32.2. The molecule has 0 saturated heterocycles. The number of likely N-dealkylation sites (N-methyl/N-ethyl adjacent to an activating group) is 1. The van der Waals surface area contributed by atoms with Gasteiger partial charge in [0.15, 0.2) is 0 Å². The van der Waals surface area contributed by atoms with Gasteiger partial charge in [0, 0.05) is 37.6 Å². The summed E-state index contributed by atoms with van der Waals surface area (Å²) in [4.78, 5) is 12.6. The number of allylic oxidation sites excluding steroid dienone is 1. The molecular formula is C24H27FN2O6S2. The highest BCUT2D eigenvalue weighted by Gasteiger charge is 2.37. The van der Waals surface area contributed by atoms with Gasteiger partial charge in [-0.25, -0.2) is 13.2 Å². The monoisotopic (exact) mass is 522 g/mol. The van der Waals surface area contributed by atoms with Crippen LogP contribution in [0.1, 0.15) is 20.3 Å². The van der Waals surface area contributed by atoms with Crippen LogP contribution in [-0.4, -0.2) is 53.9 Å². The van der Waals surface area contributed by atoms with E-state index in [0.717, 1.165) is 11.3 Å². The molecule has 0 spiro atoms. The number of carboxylic acids is 1. The van der Waals surface area contributed by atoms with E-state index in [0.29, 0.717) is 24.9 Å². The minimum atomic E-state index is -4.06. The van der Waals surface area contributed by atoms with E-state index in [1.54, 1.807) is 0 Å². The molecule has 0 aliphatic carbocycles. The third-order valence-electron chi connectivity index (χ3n) is 5.55. The smallest absolute Gasteiger partial charge is 0.368 e. The number of hydrogen-bond acceptors (Lipinski definition) is 6. The Balaban J connectivity index is 2.28. The molecule has 1 aliphatic heterocycles. The first-order valence-electron chi connectivity index (χ1n) is 10.6. The molecule has 0 fully saturated rings. The highest BCUT2D eigenvalue weighted by molar-refractivity contribution is 7.89. The Labute approximate surface area is 206 Å². The lowest BCUT2D eigenvalue weighted by molar-refractivity contribution is -0.134. The Morgan fingerprint density at radius 2 is 1.91 bits per heavy atom. The van der Waals surface area contributed by atoms with Crippen molar-refractivity contribution >= 4 is 38.2 Å². The standard InChI is InChI=1S/C24H27FN2O6S2/c1-16(2)10-11-18-14-27(17-8-6-5-7-9-17)20-12-22(34(4)30)21(33-15-19(25)24(28)29)13-23(20)35(31,32)26(18)3/h5-10,12-13,15,18H,11,14H2,1-4H3,(H,28,29)/b19-15-. The average Bonchev–Trinajstić information content (AvgIpc) is 2.89. The van der Waals surface area contributed by atoms with Crippen molar-refractivity contribution in [2.75, 3.05) is 24.7 Å². The number of ether oxygens (including phenoxy) is 1. The lowest BCUT2D eigenvalue weighted by Gasteiger charge is -2.29. The van der Waals surface area contributed by atoms with Gasteiger partial charge in [-0.1, -0.05) is 29.8 Å². The first-order valence-corrected chi connectivity index (χ1v) is 13.6. The molecule has 2 unspecified atom stereocenters. The van der Waals surface area contributed by atoms with Crippen molar-refractivity contribution in [3.8, 4) is 5.75 Å². The topological polar surface area (TPSA) is 104 Å². The molecule has 0 bridgehead atoms. The summed E-state index contributed by atoms with van der Waals surface area (Å²) in [5.41, 5.74) is 2.08. The molecule has 3 rings (SSSR count). The molecule has 1 N–H and O–H groups in total. The Bertz CT molecular complexity index is 1300. The van der Waals surface area contributed by atoms with E-state index < -0.39 is 38.7 Å². The molecule has 11 heteroatoms. The predicted molar refractivity (Wildman–Crippen MR) is 132 cm³/mol. The lowest BCUT2D eigenvalue weighted by atomic mass is 10.1. The zero-order valence-corrected chi connectivity index (χ0v) is 21.4.